The summed E-state index contributed by atoms with van der Waals surface area (Å²) in [5.41, 5.74) is 6.89. The highest BCUT2D eigenvalue weighted by Crippen LogP contribution is 2.17. The number of aromatic carboxylic acids is 1. The predicted molar refractivity (Wildman–Crippen MR) is 83.6 cm³/mol. The first-order chi connectivity index (χ1) is 10.4. The van der Waals surface area contributed by atoms with Gasteiger partial charge in [-0.25, -0.2) is 9.48 Å². The first-order valence-corrected chi connectivity index (χ1v) is 7.07. The van der Waals surface area contributed by atoms with Gasteiger partial charge in [0.05, 0.1) is 5.69 Å². The number of aromatic nitrogens is 2. The van der Waals surface area contributed by atoms with Crippen LogP contribution in [-0.4, -0.2) is 20.9 Å². The zero-order valence-corrected chi connectivity index (χ0v) is 12.6. The summed E-state index contributed by atoms with van der Waals surface area (Å²) < 4.78 is 1.22. The van der Waals surface area contributed by atoms with E-state index in [-0.39, 0.29) is 11.5 Å². The zero-order chi connectivity index (χ0) is 16.3. The largest absolute Gasteiger partial charge is 0.477 e. The van der Waals surface area contributed by atoms with Crippen LogP contribution in [0.25, 0.3) is 11.3 Å². The van der Waals surface area contributed by atoms with E-state index in [0.29, 0.717) is 18.8 Å². The van der Waals surface area contributed by atoms with Crippen molar-refractivity contribution in [3.8, 4) is 11.3 Å². The quantitative estimate of drug-likeness (QED) is 0.876. The topological polar surface area (TPSA) is 98.2 Å². The fourth-order valence-corrected chi connectivity index (χ4v) is 2.12. The van der Waals surface area contributed by atoms with E-state index in [9.17, 15) is 14.7 Å². The van der Waals surface area contributed by atoms with Gasteiger partial charge in [-0.3, -0.25) is 4.79 Å². The molecule has 2 rings (SSSR count). The molecule has 1 aromatic carbocycles. The summed E-state index contributed by atoms with van der Waals surface area (Å²) in [5.74, 6) is -1.06. The molecule has 1 aromatic heterocycles. The fraction of sp³-hybridized carbons (Fsp3) is 0.312. The Morgan fingerprint density at radius 1 is 1.32 bits per heavy atom. The van der Waals surface area contributed by atoms with Crippen LogP contribution < -0.4 is 11.3 Å². The Kier molecular flexibility index (Phi) is 4.72. The minimum absolute atomic E-state index is 0.182. The van der Waals surface area contributed by atoms with Crippen molar-refractivity contribution >= 4 is 5.97 Å². The van der Waals surface area contributed by atoms with E-state index >= 15 is 0 Å². The summed E-state index contributed by atoms with van der Waals surface area (Å²) in [6, 6.07) is 8.67. The molecule has 2 aromatic rings. The van der Waals surface area contributed by atoms with Gasteiger partial charge in [0.15, 0.2) is 0 Å². The molecule has 6 heteroatoms. The fourth-order valence-electron chi connectivity index (χ4n) is 2.12. The van der Waals surface area contributed by atoms with Crippen LogP contribution in [0.4, 0.5) is 0 Å². The van der Waals surface area contributed by atoms with Crippen LogP contribution >= 0.6 is 0 Å². The summed E-state index contributed by atoms with van der Waals surface area (Å²) in [6.07, 6.45) is 0. The van der Waals surface area contributed by atoms with Gasteiger partial charge in [-0.1, -0.05) is 38.1 Å². The van der Waals surface area contributed by atoms with Crippen LogP contribution in [0, 0.1) is 5.92 Å². The van der Waals surface area contributed by atoms with Crippen LogP contribution in [0.15, 0.2) is 35.1 Å². The lowest BCUT2D eigenvalue weighted by molar-refractivity contribution is 0.0693. The predicted octanol–water partition coefficient (Wildman–Crippen LogP) is 1.72. The van der Waals surface area contributed by atoms with E-state index in [2.05, 4.69) is 5.10 Å². The summed E-state index contributed by atoms with van der Waals surface area (Å²) in [5, 5.41) is 13.5. The lowest BCUT2D eigenvalue weighted by Gasteiger charge is -2.11. The van der Waals surface area contributed by atoms with Crippen molar-refractivity contribution in [2.24, 2.45) is 11.7 Å². The Balaban J connectivity index is 2.57. The number of hydrogen-bond acceptors (Lipinski definition) is 4. The Labute approximate surface area is 128 Å². The molecule has 0 bridgehead atoms. The highest BCUT2D eigenvalue weighted by molar-refractivity contribution is 5.88. The first kappa shape index (κ1) is 15.9. The molecule has 0 saturated heterocycles. The van der Waals surface area contributed by atoms with Crippen molar-refractivity contribution in [2.75, 3.05) is 0 Å². The van der Waals surface area contributed by atoms with Gasteiger partial charge in [0.25, 0.3) is 5.56 Å². The molecule has 1 heterocycles. The molecule has 0 radical (unpaired) electrons. The third kappa shape index (κ3) is 3.40. The van der Waals surface area contributed by atoms with Crippen LogP contribution in [0.2, 0.25) is 0 Å². The highest BCUT2D eigenvalue weighted by Gasteiger charge is 2.16. The number of carboxylic acid groups (broad SMARTS) is 1. The second kappa shape index (κ2) is 6.53. The van der Waals surface area contributed by atoms with Crippen molar-refractivity contribution in [1.29, 1.82) is 0 Å². The SMILES string of the molecule is CC(C)Cn1nc(-c2ccc(CN)cc2)cc(C(=O)O)c1=O. The average molecular weight is 301 g/mol. The molecule has 0 saturated carbocycles. The maximum absolute atomic E-state index is 12.1. The van der Waals surface area contributed by atoms with E-state index in [4.69, 9.17) is 5.73 Å². The zero-order valence-electron chi connectivity index (χ0n) is 12.6. The van der Waals surface area contributed by atoms with Gasteiger partial charge >= 0.3 is 5.97 Å². The number of carboxylic acids is 1. The number of hydrogen-bond donors (Lipinski definition) is 2. The smallest absolute Gasteiger partial charge is 0.341 e. The molecule has 0 spiro atoms. The lowest BCUT2D eigenvalue weighted by Crippen LogP contribution is -2.30. The molecule has 0 atom stereocenters. The molecule has 0 unspecified atom stereocenters. The maximum Gasteiger partial charge on any atom is 0.341 e. The van der Waals surface area contributed by atoms with Gasteiger partial charge in [0, 0.05) is 18.7 Å². The second-order valence-electron chi connectivity index (χ2n) is 5.53. The number of nitrogens with two attached hydrogens (primary N) is 1. The Bertz CT molecular complexity index is 733. The first-order valence-electron chi connectivity index (χ1n) is 7.07. The average Bonchev–Trinajstić information content (AvgIpc) is 2.48. The summed E-state index contributed by atoms with van der Waals surface area (Å²) in [4.78, 5) is 23.4. The van der Waals surface area contributed by atoms with E-state index in [1.165, 1.54) is 10.7 Å². The van der Waals surface area contributed by atoms with Crippen molar-refractivity contribution in [2.45, 2.75) is 26.9 Å². The van der Waals surface area contributed by atoms with Gasteiger partial charge < -0.3 is 10.8 Å². The Morgan fingerprint density at radius 3 is 2.45 bits per heavy atom. The normalized spacial score (nSPS) is 10.9. The molecule has 116 valence electrons. The summed E-state index contributed by atoms with van der Waals surface area (Å²) in [6.45, 7) is 4.68. The van der Waals surface area contributed by atoms with Crippen LogP contribution in [-0.2, 0) is 13.1 Å². The van der Waals surface area contributed by atoms with E-state index in [1.54, 1.807) is 0 Å². The van der Waals surface area contributed by atoms with Crippen LogP contribution in [0.3, 0.4) is 0 Å². The molecule has 0 fully saturated rings. The number of rotatable bonds is 5. The molecule has 0 amide bonds. The van der Waals surface area contributed by atoms with Gasteiger partial charge in [0.2, 0.25) is 0 Å². The molecular weight excluding hydrogens is 282 g/mol. The third-order valence-electron chi connectivity index (χ3n) is 3.23. The number of carbonyl (C=O) groups is 1. The van der Waals surface area contributed by atoms with E-state index in [0.717, 1.165) is 11.1 Å². The van der Waals surface area contributed by atoms with Crippen LogP contribution in [0.5, 0.6) is 0 Å². The van der Waals surface area contributed by atoms with Crippen molar-refractivity contribution in [3.63, 3.8) is 0 Å². The molecule has 22 heavy (non-hydrogen) atoms. The number of benzene rings is 1. The van der Waals surface area contributed by atoms with Crippen molar-refractivity contribution in [3.05, 3.63) is 51.8 Å². The molecule has 0 aliphatic carbocycles. The van der Waals surface area contributed by atoms with Crippen LogP contribution in [0.1, 0.15) is 29.8 Å². The standard InChI is InChI=1S/C16H19N3O3/c1-10(2)9-19-15(20)13(16(21)22)7-14(18-19)12-5-3-11(8-17)4-6-12/h3-7,10H,8-9,17H2,1-2H3,(H,21,22). The summed E-state index contributed by atoms with van der Waals surface area (Å²) >= 11 is 0. The van der Waals surface area contributed by atoms with Gasteiger partial charge in [-0.2, -0.15) is 5.10 Å². The van der Waals surface area contributed by atoms with E-state index in [1.807, 2.05) is 38.1 Å². The second-order valence-corrected chi connectivity index (χ2v) is 5.53. The van der Waals surface area contributed by atoms with Gasteiger partial charge in [-0.15, -0.1) is 0 Å². The minimum atomic E-state index is -1.25. The molecular formula is C16H19N3O3. The van der Waals surface area contributed by atoms with E-state index < -0.39 is 11.5 Å². The molecule has 3 N–H and O–H groups in total. The molecule has 6 nitrogen and oxygen atoms in total. The third-order valence-corrected chi connectivity index (χ3v) is 3.23. The molecule has 0 aliphatic rings. The van der Waals surface area contributed by atoms with Gasteiger partial charge in [0.1, 0.15) is 5.56 Å². The Hall–Kier alpha value is -2.47. The Morgan fingerprint density at radius 2 is 1.95 bits per heavy atom. The lowest BCUT2D eigenvalue weighted by atomic mass is 10.1. The molecule has 0 aliphatic heterocycles. The number of nitrogens with zero attached hydrogens (tertiary/aromatic N) is 2. The monoisotopic (exact) mass is 301 g/mol. The van der Waals surface area contributed by atoms with Gasteiger partial charge in [-0.05, 0) is 17.5 Å². The highest BCUT2D eigenvalue weighted by atomic mass is 16.4. The maximum atomic E-state index is 12.1. The van der Waals surface area contributed by atoms with Crippen molar-refractivity contribution in [1.82, 2.24) is 9.78 Å². The minimum Gasteiger partial charge on any atom is -0.477 e. The summed E-state index contributed by atoms with van der Waals surface area (Å²) in [7, 11) is 0. The van der Waals surface area contributed by atoms with Crippen molar-refractivity contribution < 1.29 is 9.90 Å².